The minimum absolute atomic E-state index is 0.0584. The Kier molecular flexibility index (Phi) is 5.13. The molecule has 14 heavy (non-hydrogen) atoms. The van der Waals surface area contributed by atoms with Gasteiger partial charge in [0.05, 0.1) is 26.4 Å². The van der Waals surface area contributed by atoms with Crippen molar-refractivity contribution in [2.45, 2.75) is 13.5 Å². The highest BCUT2D eigenvalue weighted by atomic mass is 16.5. The van der Waals surface area contributed by atoms with Crippen molar-refractivity contribution >= 4 is 0 Å². The third kappa shape index (κ3) is 4.31. The Hall–Kier alpha value is -0.980. The summed E-state index contributed by atoms with van der Waals surface area (Å²) in [5.41, 5.74) is 0. The molecule has 0 atom stereocenters. The normalized spacial score (nSPS) is 10.7. The lowest BCUT2D eigenvalue weighted by atomic mass is 10.5. The molecule has 1 aromatic heterocycles. The van der Waals surface area contributed by atoms with Gasteiger partial charge in [-0.05, 0) is 6.92 Å². The quantitative estimate of drug-likeness (QED) is 0.578. The first-order chi connectivity index (χ1) is 6.83. The van der Waals surface area contributed by atoms with Gasteiger partial charge in [-0.3, -0.25) is 0 Å². The molecule has 1 heterocycles. The largest absolute Gasteiger partial charge is 0.394 e. The van der Waals surface area contributed by atoms with Gasteiger partial charge in [0.2, 0.25) is 5.89 Å². The fraction of sp³-hybridized carbons (Fsp3) is 0.750. The summed E-state index contributed by atoms with van der Waals surface area (Å²) in [4.78, 5) is 4.02. The summed E-state index contributed by atoms with van der Waals surface area (Å²) in [6.07, 6.45) is 0. The summed E-state index contributed by atoms with van der Waals surface area (Å²) in [6, 6.07) is 0. The van der Waals surface area contributed by atoms with E-state index in [0.29, 0.717) is 38.0 Å². The maximum absolute atomic E-state index is 8.42. The first-order valence-corrected chi connectivity index (χ1v) is 4.51. The number of ether oxygens (including phenoxy) is 1. The zero-order valence-corrected chi connectivity index (χ0v) is 8.19. The molecular weight excluding hydrogens is 186 g/mol. The number of nitrogens with zero attached hydrogens (tertiary/aromatic N) is 2. The summed E-state index contributed by atoms with van der Waals surface area (Å²) in [6.45, 7) is 4.01. The Labute approximate surface area is 82.3 Å². The lowest BCUT2D eigenvalue weighted by Crippen LogP contribution is -2.20. The number of aliphatic hydroxyl groups excluding tert-OH is 1. The van der Waals surface area contributed by atoms with Gasteiger partial charge in [-0.25, -0.2) is 0 Å². The number of hydrogen-bond acceptors (Lipinski definition) is 6. The second-order valence-electron chi connectivity index (χ2n) is 2.75. The zero-order valence-electron chi connectivity index (χ0n) is 8.19. The highest BCUT2D eigenvalue weighted by molar-refractivity contribution is 4.81. The highest BCUT2D eigenvalue weighted by Crippen LogP contribution is 1.93. The lowest BCUT2D eigenvalue weighted by molar-refractivity contribution is 0.0934. The molecule has 0 fully saturated rings. The van der Waals surface area contributed by atoms with Crippen LogP contribution in [0.5, 0.6) is 0 Å². The van der Waals surface area contributed by atoms with E-state index in [4.69, 9.17) is 14.4 Å². The third-order valence-electron chi connectivity index (χ3n) is 1.50. The molecule has 80 valence electrons. The number of aliphatic hydroxyl groups is 1. The predicted octanol–water partition coefficient (Wildman–Crippen LogP) is -0.523. The summed E-state index contributed by atoms with van der Waals surface area (Å²) in [5, 5.41) is 15.2. The minimum atomic E-state index is 0.0584. The summed E-state index contributed by atoms with van der Waals surface area (Å²) in [7, 11) is 0. The van der Waals surface area contributed by atoms with Gasteiger partial charge < -0.3 is 19.7 Å². The standard InChI is InChI=1S/C8H15N3O3/c1-7-10-8(14-11-7)6-9-2-4-13-5-3-12/h9,12H,2-6H2,1H3. The Morgan fingerprint density at radius 1 is 1.50 bits per heavy atom. The van der Waals surface area contributed by atoms with Crippen LogP contribution in [0.15, 0.2) is 4.52 Å². The number of nitrogens with one attached hydrogen (secondary N) is 1. The van der Waals surface area contributed by atoms with Crippen LogP contribution in [0, 0.1) is 6.92 Å². The average molecular weight is 201 g/mol. The molecule has 6 nitrogen and oxygen atoms in total. The second kappa shape index (κ2) is 6.47. The maximum atomic E-state index is 8.42. The first kappa shape index (κ1) is 11.1. The molecule has 0 aliphatic rings. The van der Waals surface area contributed by atoms with E-state index in [1.165, 1.54) is 0 Å². The minimum Gasteiger partial charge on any atom is -0.394 e. The number of aryl methyl sites for hydroxylation is 1. The van der Waals surface area contributed by atoms with Gasteiger partial charge in [0.25, 0.3) is 0 Å². The summed E-state index contributed by atoms with van der Waals surface area (Å²) >= 11 is 0. The van der Waals surface area contributed by atoms with Crippen LogP contribution in [0.25, 0.3) is 0 Å². The highest BCUT2D eigenvalue weighted by Gasteiger charge is 2.00. The van der Waals surface area contributed by atoms with E-state index < -0.39 is 0 Å². The van der Waals surface area contributed by atoms with Crippen LogP contribution in [0.3, 0.4) is 0 Å². The van der Waals surface area contributed by atoms with Crippen LogP contribution in [0.2, 0.25) is 0 Å². The SMILES string of the molecule is Cc1noc(CNCCOCCO)n1. The summed E-state index contributed by atoms with van der Waals surface area (Å²) < 4.78 is 9.93. The van der Waals surface area contributed by atoms with Crippen molar-refractivity contribution in [3.63, 3.8) is 0 Å². The average Bonchev–Trinajstić information content (AvgIpc) is 2.58. The van der Waals surface area contributed by atoms with Gasteiger partial charge in [0, 0.05) is 6.54 Å². The molecule has 0 aromatic carbocycles. The molecule has 1 rings (SSSR count). The van der Waals surface area contributed by atoms with Gasteiger partial charge in [-0.1, -0.05) is 5.16 Å². The molecule has 0 saturated heterocycles. The van der Waals surface area contributed by atoms with Crippen molar-refractivity contribution in [1.82, 2.24) is 15.5 Å². The molecule has 0 aliphatic heterocycles. The van der Waals surface area contributed by atoms with Crippen LogP contribution in [0.4, 0.5) is 0 Å². The fourth-order valence-electron chi connectivity index (χ4n) is 0.918. The molecule has 0 saturated carbocycles. The fourth-order valence-corrected chi connectivity index (χ4v) is 0.918. The Morgan fingerprint density at radius 2 is 2.36 bits per heavy atom. The first-order valence-electron chi connectivity index (χ1n) is 4.51. The van der Waals surface area contributed by atoms with Crippen molar-refractivity contribution in [2.24, 2.45) is 0 Å². The van der Waals surface area contributed by atoms with E-state index in [2.05, 4.69) is 15.5 Å². The van der Waals surface area contributed by atoms with E-state index in [-0.39, 0.29) is 6.61 Å². The zero-order chi connectivity index (χ0) is 10.2. The van der Waals surface area contributed by atoms with E-state index in [9.17, 15) is 0 Å². The molecule has 2 N–H and O–H groups in total. The van der Waals surface area contributed by atoms with Crippen molar-refractivity contribution in [3.05, 3.63) is 11.7 Å². The predicted molar refractivity (Wildman–Crippen MR) is 48.6 cm³/mol. The molecule has 0 spiro atoms. The maximum Gasteiger partial charge on any atom is 0.240 e. The van der Waals surface area contributed by atoms with Gasteiger partial charge >= 0.3 is 0 Å². The Bertz CT molecular complexity index is 252. The summed E-state index contributed by atoms with van der Waals surface area (Å²) in [5.74, 6) is 1.21. The van der Waals surface area contributed by atoms with Crippen molar-refractivity contribution in [2.75, 3.05) is 26.4 Å². The number of hydrogen-bond donors (Lipinski definition) is 2. The van der Waals surface area contributed by atoms with Crippen molar-refractivity contribution in [1.29, 1.82) is 0 Å². The van der Waals surface area contributed by atoms with Crippen molar-refractivity contribution in [3.8, 4) is 0 Å². The molecule has 0 radical (unpaired) electrons. The van der Waals surface area contributed by atoms with Crippen molar-refractivity contribution < 1.29 is 14.4 Å². The Balaban J connectivity index is 1.99. The number of aromatic nitrogens is 2. The van der Waals surface area contributed by atoms with E-state index in [1.54, 1.807) is 6.92 Å². The molecule has 0 amide bonds. The molecule has 0 aliphatic carbocycles. The molecular formula is C8H15N3O3. The van der Waals surface area contributed by atoms with E-state index in [0.717, 1.165) is 0 Å². The van der Waals surface area contributed by atoms with Crippen LogP contribution < -0.4 is 5.32 Å². The van der Waals surface area contributed by atoms with Crippen LogP contribution in [0.1, 0.15) is 11.7 Å². The number of rotatable bonds is 7. The molecule has 6 heteroatoms. The third-order valence-corrected chi connectivity index (χ3v) is 1.50. The Morgan fingerprint density at radius 3 is 3.00 bits per heavy atom. The smallest absolute Gasteiger partial charge is 0.240 e. The second-order valence-corrected chi connectivity index (χ2v) is 2.75. The van der Waals surface area contributed by atoms with Gasteiger partial charge in [0.15, 0.2) is 5.82 Å². The van der Waals surface area contributed by atoms with E-state index in [1.807, 2.05) is 0 Å². The molecule has 0 unspecified atom stereocenters. The monoisotopic (exact) mass is 201 g/mol. The van der Waals surface area contributed by atoms with Crippen LogP contribution in [-0.4, -0.2) is 41.6 Å². The van der Waals surface area contributed by atoms with Crippen LogP contribution >= 0.6 is 0 Å². The van der Waals surface area contributed by atoms with Gasteiger partial charge in [-0.2, -0.15) is 4.98 Å². The van der Waals surface area contributed by atoms with E-state index >= 15 is 0 Å². The molecule has 1 aromatic rings. The topological polar surface area (TPSA) is 80.4 Å². The van der Waals surface area contributed by atoms with Gasteiger partial charge in [0.1, 0.15) is 0 Å². The molecule has 0 bridgehead atoms. The lowest BCUT2D eigenvalue weighted by Gasteiger charge is -2.01. The van der Waals surface area contributed by atoms with Gasteiger partial charge in [-0.15, -0.1) is 0 Å². The van der Waals surface area contributed by atoms with Crippen LogP contribution in [-0.2, 0) is 11.3 Å².